The van der Waals surface area contributed by atoms with Crippen molar-refractivity contribution in [3.63, 3.8) is 0 Å². The van der Waals surface area contributed by atoms with Crippen molar-refractivity contribution in [2.45, 2.75) is 72.1 Å². The van der Waals surface area contributed by atoms with Gasteiger partial charge in [0.05, 0.1) is 6.61 Å². The highest BCUT2D eigenvalue weighted by atomic mass is 16.5. The minimum Gasteiger partial charge on any atom is -0.466 e. The van der Waals surface area contributed by atoms with E-state index in [0.717, 1.165) is 12.3 Å². The molecule has 0 radical (unpaired) electrons. The van der Waals surface area contributed by atoms with E-state index in [-0.39, 0.29) is 5.97 Å². The van der Waals surface area contributed by atoms with Crippen LogP contribution in [0.15, 0.2) is 0 Å². The second kappa shape index (κ2) is 11.0. The van der Waals surface area contributed by atoms with Gasteiger partial charge < -0.3 is 4.74 Å². The van der Waals surface area contributed by atoms with Gasteiger partial charge in [-0.05, 0) is 19.3 Å². The van der Waals surface area contributed by atoms with E-state index in [2.05, 4.69) is 13.8 Å². The van der Waals surface area contributed by atoms with Gasteiger partial charge in [0.25, 0.3) is 0 Å². The minimum atomic E-state index is -0.0370. The molecule has 0 amide bonds. The molecule has 0 fully saturated rings. The molecule has 0 saturated carbocycles. The van der Waals surface area contributed by atoms with E-state index in [1.807, 2.05) is 6.92 Å². The van der Waals surface area contributed by atoms with Crippen LogP contribution in [-0.2, 0) is 9.53 Å². The number of unbranched alkanes of at least 4 members (excludes halogenated alkanes) is 1. The SMILES string of the molecule is CCCC(CCC)CCCCC(=O)OCC. The summed E-state index contributed by atoms with van der Waals surface area (Å²) in [5.74, 6) is 0.835. The van der Waals surface area contributed by atoms with Crippen LogP contribution in [0.2, 0.25) is 0 Å². The van der Waals surface area contributed by atoms with Gasteiger partial charge in [0.2, 0.25) is 0 Å². The molecule has 0 aliphatic heterocycles. The number of esters is 1. The van der Waals surface area contributed by atoms with Gasteiger partial charge in [-0.25, -0.2) is 0 Å². The molecule has 0 atom stereocenters. The summed E-state index contributed by atoms with van der Waals surface area (Å²) in [6, 6.07) is 0. The molecule has 0 heterocycles. The number of hydrogen-bond donors (Lipinski definition) is 0. The Labute approximate surface area is 101 Å². The molecule has 2 heteroatoms. The average Bonchev–Trinajstić information content (AvgIpc) is 2.25. The van der Waals surface area contributed by atoms with Crippen LogP contribution in [0.5, 0.6) is 0 Å². The molecule has 0 aliphatic carbocycles. The number of rotatable bonds is 10. The van der Waals surface area contributed by atoms with Crippen molar-refractivity contribution in [1.82, 2.24) is 0 Å². The molecule has 0 N–H and O–H groups in total. The van der Waals surface area contributed by atoms with Crippen molar-refractivity contribution in [2.75, 3.05) is 6.61 Å². The molecule has 0 bridgehead atoms. The lowest BCUT2D eigenvalue weighted by Crippen LogP contribution is -2.04. The van der Waals surface area contributed by atoms with Crippen LogP contribution in [0.1, 0.15) is 72.1 Å². The maximum Gasteiger partial charge on any atom is 0.305 e. The first-order valence-corrected chi connectivity index (χ1v) is 6.90. The molecular formula is C14H28O2. The monoisotopic (exact) mass is 228 g/mol. The lowest BCUT2D eigenvalue weighted by molar-refractivity contribution is -0.143. The van der Waals surface area contributed by atoms with Gasteiger partial charge in [-0.3, -0.25) is 4.79 Å². The van der Waals surface area contributed by atoms with Crippen LogP contribution < -0.4 is 0 Å². The Morgan fingerprint density at radius 1 is 1.00 bits per heavy atom. The summed E-state index contributed by atoms with van der Waals surface area (Å²) in [6.45, 7) is 6.87. The Morgan fingerprint density at radius 3 is 2.12 bits per heavy atom. The Kier molecular flexibility index (Phi) is 10.6. The van der Waals surface area contributed by atoms with Gasteiger partial charge in [-0.1, -0.05) is 52.4 Å². The third-order valence-corrected chi connectivity index (χ3v) is 2.94. The summed E-state index contributed by atoms with van der Waals surface area (Å²) in [6.07, 6.45) is 9.28. The fraction of sp³-hybridized carbons (Fsp3) is 0.929. The predicted molar refractivity (Wildman–Crippen MR) is 68.4 cm³/mol. The quantitative estimate of drug-likeness (QED) is 0.411. The van der Waals surface area contributed by atoms with Crippen molar-refractivity contribution >= 4 is 5.97 Å². The Morgan fingerprint density at radius 2 is 1.62 bits per heavy atom. The maximum atomic E-state index is 11.1. The fourth-order valence-corrected chi connectivity index (χ4v) is 2.19. The smallest absolute Gasteiger partial charge is 0.305 e. The van der Waals surface area contributed by atoms with E-state index in [1.165, 1.54) is 38.5 Å². The number of ether oxygens (including phenoxy) is 1. The molecule has 0 aliphatic rings. The first-order valence-electron chi connectivity index (χ1n) is 6.90. The zero-order valence-electron chi connectivity index (χ0n) is 11.3. The molecule has 0 saturated heterocycles. The molecule has 0 aromatic heterocycles. The number of carbonyl (C=O) groups excluding carboxylic acids is 1. The van der Waals surface area contributed by atoms with E-state index in [1.54, 1.807) is 0 Å². The summed E-state index contributed by atoms with van der Waals surface area (Å²) < 4.78 is 4.90. The molecule has 0 rings (SSSR count). The maximum absolute atomic E-state index is 11.1. The molecular weight excluding hydrogens is 200 g/mol. The van der Waals surface area contributed by atoms with E-state index in [9.17, 15) is 4.79 Å². The Balaban J connectivity index is 3.49. The topological polar surface area (TPSA) is 26.3 Å². The molecule has 0 aromatic rings. The van der Waals surface area contributed by atoms with E-state index in [0.29, 0.717) is 13.0 Å². The summed E-state index contributed by atoms with van der Waals surface area (Å²) in [5, 5.41) is 0. The fourth-order valence-electron chi connectivity index (χ4n) is 2.19. The summed E-state index contributed by atoms with van der Waals surface area (Å²) in [4.78, 5) is 11.1. The lowest BCUT2D eigenvalue weighted by Gasteiger charge is -2.14. The van der Waals surface area contributed by atoms with Gasteiger partial charge >= 0.3 is 5.97 Å². The van der Waals surface area contributed by atoms with Crippen LogP contribution in [0, 0.1) is 5.92 Å². The number of carbonyl (C=O) groups is 1. The van der Waals surface area contributed by atoms with Gasteiger partial charge in [0, 0.05) is 6.42 Å². The summed E-state index contributed by atoms with van der Waals surface area (Å²) in [7, 11) is 0. The largest absolute Gasteiger partial charge is 0.466 e. The first-order chi connectivity index (χ1) is 7.74. The van der Waals surface area contributed by atoms with Crippen LogP contribution in [0.25, 0.3) is 0 Å². The second-order valence-electron chi connectivity index (χ2n) is 4.49. The van der Waals surface area contributed by atoms with Gasteiger partial charge in [0.15, 0.2) is 0 Å². The highest BCUT2D eigenvalue weighted by Crippen LogP contribution is 2.20. The zero-order chi connectivity index (χ0) is 12.2. The Hall–Kier alpha value is -0.530. The van der Waals surface area contributed by atoms with Crippen molar-refractivity contribution < 1.29 is 9.53 Å². The van der Waals surface area contributed by atoms with Crippen LogP contribution in [-0.4, -0.2) is 12.6 Å². The van der Waals surface area contributed by atoms with Gasteiger partial charge in [-0.2, -0.15) is 0 Å². The van der Waals surface area contributed by atoms with Crippen molar-refractivity contribution in [3.05, 3.63) is 0 Å². The summed E-state index contributed by atoms with van der Waals surface area (Å²) >= 11 is 0. The zero-order valence-corrected chi connectivity index (χ0v) is 11.3. The van der Waals surface area contributed by atoms with E-state index in [4.69, 9.17) is 4.74 Å². The molecule has 0 spiro atoms. The van der Waals surface area contributed by atoms with Crippen molar-refractivity contribution in [2.24, 2.45) is 5.92 Å². The highest BCUT2D eigenvalue weighted by molar-refractivity contribution is 5.69. The molecule has 16 heavy (non-hydrogen) atoms. The van der Waals surface area contributed by atoms with Crippen molar-refractivity contribution in [3.8, 4) is 0 Å². The van der Waals surface area contributed by atoms with E-state index >= 15 is 0 Å². The molecule has 0 aromatic carbocycles. The second-order valence-corrected chi connectivity index (χ2v) is 4.49. The number of hydrogen-bond acceptors (Lipinski definition) is 2. The Bertz CT molecular complexity index is 160. The van der Waals surface area contributed by atoms with Crippen LogP contribution in [0.4, 0.5) is 0 Å². The van der Waals surface area contributed by atoms with Gasteiger partial charge in [0.1, 0.15) is 0 Å². The molecule has 0 unspecified atom stereocenters. The molecule has 96 valence electrons. The first kappa shape index (κ1) is 15.5. The van der Waals surface area contributed by atoms with Crippen molar-refractivity contribution in [1.29, 1.82) is 0 Å². The van der Waals surface area contributed by atoms with Gasteiger partial charge in [-0.15, -0.1) is 0 Å². The van der Waals surface area contributed by atoms with E-state index < -0.39 is 0 Å². The summed E-state index contributed by atoms with van der Waals surface area (Å²) in [5.41, 5.74) is 0. The molecule has 2 nitrogen and oxygen atoms in total. The van der Waals surface area contributed by atoms with Crippen LogP contribution in [0.3, 0.4) is 0 Å². The lowest BCUT2D eigenvalue weighted by atomic mass is 9.92. The highest BCUT2D eigenvalue weighted by Gasteiger charge is 2.07. The standard InChI is InChI=1S/C14H28O2/c1-4-9-13(10-5-2)11-7-8-12-14(15)16-6-3/h13H,4-12H2,1-3H3. The third kappa shape index (κ3) is 8.75. The third-order valence-electron chi connectivity index (χ3n) is 2.94. The predicted octanol–water partition coefficient (Wildman–Crippen LogP) is 4.33. The average molecular weight is 228 g/mol. The minimum absolute atomic E-state index is 0.0370. The van der Waals surface area contributed by atoms with Crippen LogP contribution >= 0.6 is 0 Å². The normalized spacial score (nSPS) is 10.8.